The number of aliphatic carboxylic acids is 2. The van der Waals surface area contributed by atoms with E-state index in [4.69, 9.17) is 24.5 Å². The Hall–Kier alpha value is -3.11. The van der Waals surface area contributed by atoms with Crippen LogP contribution in [0.5, 0.6) is 5.75 Å². The second kappa shape index (κ2) is 12.8. The fourth-order valence-corrected chi connectivity index (χ4v) is 3.25. The minimum atomic E-state index is -4.33. The van der Waals surface area contributed by atoms with Gasteiger partial charge in [-0.15, -0.1) is 0 Å². The Balaban J connectivity index is 0.000000569. The first-order valence-electron chi connectivity index (χ1n) is 10.4. The van der Waals surface area contributed by atoms with Gasteiger partial charge in [-0.3, -0.25) is 4.90 Å². The molecular weight excluding hydrogens is 441 g/mol. The topological polar surface area (TPSA) is 90.3 Å². The molecule has 0 spiro atoms. The number of piperazine rings is 1. The van der Waals surface area contributed by atoms with Gasteiger partial charge >= 0.3 is 18.1 Å². The van der Waals surface area contributed by atoms with Crippen molar-refractivity contribution in [2.75, 3.05) is 39.3 Å². The Labute approximate surface area is 190 Å². The standard InChI is InChI=1S/C21H25F3N2O.C2H2O4/c22-21(23,24)19-8-4-9-20(16-19)27-15-5-10-25-11-13-26(14-12-25)17-18-6-2-1-3-7-18;3-1(4)2(5)6/h1-4,6-9,16H,5,10-15,17H2;(H,3,4)(H,5,6). The second-order valence-corrected chi connectivity index (χ2v) is 7.44. The third-order valence-electron chi connectivity index (χ3n) is 4.95. The quantitative estimate of drug-likeness (QED) is 0.475. The van der Waals surface area contributed by atoms with Crippen LogP contribution in [0.25, 0.3) is 0 Å². The van der Waals surface area contributed by atoms with Gasteiger partial charge in [-0.05, 0) is 30.2 Å². The van der Waals surface area contributed by atoms with E-state index >= 15 is 0 Å². The average Bonchev–Trinajstić information content (AvgIpc) is 2.78. The smallest absolute Gasteiger partial charge is 0.416 e. The highest BCUT2D eigenvalue weighted by atomic mass is 19.4. The number of alkyl halides is 3. The van der Waals surface area contributed by atoms with E-state index in [1.165, 1.54) is 11.6 Å². The van der Waals surface area contributed by atoms with Gasteiger partial charge in [-0.1, -0.05) is 36.4 Å². The van der Waals surface area contributed by atoms with Gasteiger partial charge in [0.15, 0.2) is 0 Å². The minimum Gasteiger partial charge on any atom is -0.494 e. The maximum absolute atomic E-state index is 12.7. The summed E-state index contributed by atoms with van der Waals surface area (Å²) < 4.78 is 43.6. The number of nitrogens with zero attached hydrogens (tertiary/aromatic N) is 2. The maximum atomic E-state index is 12.7. The summed E-state index contributed by atoms with van der Waals surface area (Å²) in [4.78, 5) is 23.0. The molecule has 0 radical (unpaired) electrons. The highest BCUT2D eigenvalue weighted by molar-refractivity contribution is 6.27. The van der Waals surface area contributed by atoms with Crippen molar-refractivity contribution in [3.63, 3.8) is 0 Å². The van der Waals surface area contributed by atoms with E-state index in [-0.39, 0.29) is 5.75 Å². The van der Waals surface area contributed by atoms with Crippen LogP contribution in [0.2, 0.25) is 0 Å². The molecule has 1 heterocycles. The largest absolute Gasteiger partial charge is 0.494 e. The van der Waals surface area contributed by atoms with Gasteiger partial charge < -0.3 is 19.8 Å². The summed E-state index contributed by atoms with van der Waals surface area (Å²) >= 11 is 0. The zero-order chi connectivity index (χ0) is 24.3. The predicted molar refractivity (Wildman–Crippen MR) is 115 cm³/mol. The normalized spacial score (nSPS) is 14.8. The Morgan fingerprint density at radius 2 is 1.48 bits per heavy atom. The van der Waals surface area contributed by atoms with Crippen LogP contribution in [0.15, 0.2) is 54.6 Å². The lowest BCUT2D eigenvalue weighted by atomic mass is 10.2. The van der Waals surface area contributed by atoms with Crippen molar-refractivity contribution < 1.29 is 37.7 Å². The molecule has 7 nitrogen and oxygen atoms in total. The first-order chi connectivity index (χ1) is 15.6. The summed E-state index contributed by atoms with van der Waals surface area (Å²) in [5.74, 6) is -3.37. The molecule has 2 N–H and O–H groups in total. The number of hydrogen-bond acceptors (Lipinski definition) is 5. The van der Waals surface area contributed by atoms with Gasteiger partial charge in [0.25, 0.3) is 0 Å². The monoisotopic (exact) mass is 468 g/mol. The van der Waals surface area contributed by atoms with Crippen molar-refractivity contribution in [1.29, 1.82) is 0 Å². The number of ether oxygens (including phenoxy) is 1. The fourth-order valence-electron chi connectivity index (χ4n) is 3.25. The summed E-state index contributed by atoms with van der Waals surface area (Å²) in [6.45, 7) is 6.39. The van der Waals surface area contributed by atoms with E-state index < -0.39 is 23.7 Å². The number of benzene rings is 2. The van der Waals surface area contributed by atoms with Crippen molar-refractivity contribution >= 4 is 11.9 Å². The van der Waals surface area contributed by atoms with Crippen molar-refractivity contribution in [2.24, 2.45) is 0 Å². The first-order valence-corrected chi connectivity index (χ1v) is 10.4. The van der Waals surface area contributed by atoms with Crippen molar-refractivity contribution in [2.45, 2.75) is 19.1 Å². The highest BCUT2D eigenvalue weighted by Crippen LogP contribution is 2.31. The zero-order valence-electron chi connectivity index (χ0n) is 18.0. The van der Waals surface area contributed by atoms with Crippen LogP contribution in [0.1, 0.15) is 17.5 Å². The number of carbonyl (C=O) groups is 2. The molecule has 0 unspecified atom stereocenters. The lowest BCUT2D eigenvalue weighted by Gasteiger charge is -2.34. The molecule has 0 saturated carbocycles. The van der Waals surface area contributed by atoms with E-state index in [2.05, 4.69) is 34.1 Å². The van der Waals surface area contributed by atoms with Crippen LogP contribution in [0.3, 0.4) is 0 Å². The minimum absolute atomic E-state index is 0.275. The van der Waals surface area contributed by atoms with Crippen LogP contribution in [-0.4, -0.2) is 71.3 Å². The lowest BCUT2D eigenvalue weighted by molar-refractivity contribution is -0.159. The summed E-state index contributed by atoms with van der Waals surface area (Å²) in [6.07, 6.45) is -3.53. The number of carboxylic acids is 2. The molecule has 3 rings (SSSR count). The number of rotatable bonds is 7. The number of carboxylic acid groups (broad SMARTS) is 2. The molecule has 2 aromatic rings. The molecule has 1 saturated heterocycles. The van der Waals surface area contributed by atoms with Gasteiger partial charge in [0.05, 0.1) is 12.2 Å². The molecule has 0 aromatic heterocycles. The number of hydrogen-bond donors (Lipinski definition) is 2. The van der Waals surface area contributed by atoms with Crippen LogP contribution in [0, 0.1) is 0 Å². The number of halogens is 3. The van der Waals surface area contributed by atoms with Crippen molar-refractivity contribution in [3.05, 3.63) is 65.7 Å². The zero-order valence-corrected chi connectivity index (χ0v) is 18.0. The molecule has 1 aliphatic rings. The van der Waals surface area contributed by atoms with E-state index in [9.17, 15) is 13.2 Å². The lowest BCUT2D eigenvalue weighted by Crippen LogP contribution is -2.46. The van der Waals surface area contributed by atoms with Gasteiger partial charge in [0.2, 0.25) is 0 Å². The molecule has 0 amide bonds. The molecule has 0 atom stereocenters. The average molecular weight is 468 g/mol. The summed E-state index contributed by atoms with van der Waals surface area (Å²) in [7, 11) is 0. The van der Waals surface area contributed by atoms with E-state index in [1.807, 2.05) is 6.07 Å². The van der Waals surface area contributed by atoms with E-state index in [0.717, 1.165) is 57.8 Å². The first kappa shape index (κ1) is 26.1. The van der Waals surface area contributed by atoms with Crippen LogP contribution < -0.4 is 4.74 Å². The van der Waals surface area contributed by atoms with Crippen LogP contribution in [-0.2, 0) is 22.3 Å². The van der Waals surface area contributed by atoms with Crippen LogP contribution in [0.4, 0.5) is 13.2 Å². The van der Waals surface area contributed by atoms with Gasteiger partial charge in [0, 0.05) is 39.3 Å². The van der Waals surface area contributed by atoms with Gasteiger partial charge in [-0.25, -0.2) is 9.59 Å². The predicted octanol–water partition coefficient (Wildman–Crippen LogP) is 3.45. The Morgan fingerprint density at radius 1 is 0.879 bits per heavy atom. The van der Waals surface area contributed by atoms with E-state index in [0.29, 0.717) is 6.61 Å². The van der Waals surface area contributed by atoms with Gasteiger partial charge in [-0.2, -0.15) is 13.2 Å². The van der Waals surface area contributed by atoms with Gasteiger partial charge in [0.1, 0.15) is 5.75 Å². The molecule has 1 fully saturated rings. The molecule has 1 aliphatic heterocycles. The van der Waals surface area contributed by atoms with Crippen molar-refractivity contribution in [3.8, 4) is 5.75 Å². The third-order valence-corrected chi connectivity index (χ3v) is 4.95. The summed E-state index contributed by atoms with van der Waals surface area (Å²) in [6, 6.07) is 15.5. The summed E-state index contributed by atoms with van der Waals surface area (Å²) in [5.41, 5.74) is 0.662. The maximum Gasteiger partial charge on any atom is 0.416 e. The highest BCUT2D eigenvalue weighted by Gasteiger charge is 2.30. The molecule has 0 aliphatic carbocycles. The second-order valence-electron chi connectivity index (χ2n) is 7.44. The Morgan fingerprint density at radius 3 is 2.06 bits per heavy atom. The molecule has 180 valence electrons. The molecule has 33 heavy (non-hydrogen) atoms. The Bertz CT molecular complexity index is 873. The fraction of sp³-hybridized carbons (Fsp3) is 0.391. The third kappa shape index (κ3) is 9.92. The SMILES string of the molecule is FC(F)(F)c1cccc(OCCCN2CCN(Cc3ccccc3)CC2)c1.O=C(O)C(=O)O. The van der Waals surface area contributed by atoms with Crippen LogP contribution >= 0.6 is 0 Å². The van der Waals surface area contributed by atoms with E-state index in [1.54, 1.807) is 6.07 Å². The Kier molecular flexibility index (Phi) is 10.1. The van der Waals surface area contributed by atoms with Crippen molar-refractivity contribution in [1.82, 2.24) is 9.80 Å². The molecular formula is C23H27F3N2O5. The molecule has 0 bridgehead atoms. The summed E-state index contributed by atoms with van der Waals surface area (Å²) in [5, 5.41) is 14.8. The molecule has 2 aromatic carbocycles. The molecule has 10 heteroatoms.